The van der Waals surface area contributed by atoms with E-state index in [9.17, 15) is 0 Å². The molecule has 1 aliphatic carbocycles. The lowest BCUT2D eigenvalue weighted by atomic mass is 10.2. The van der Waals surface area contributed by atoms with Gasteiger partial charge in [0.05, 0.1) is 20.1 Å². The third kappa shape index (κ3) is 2.53. The van der Waals surface area contributed by atoms with Crippen LogP contribution in [0.15, 0.2) is 32.9 Å². The van der Waals surface area contributed by atoms with Crippen molar-refractivity contribution in [1.82, 2.24) is 9.97 Å². The maximum Gasteiger partial charge on any atom is 0.162 e. The van der Waals surface area contributed by atoms with E-state index < -0.39 is 0 Å². The highest BCUT2D eigenvalue weighted by Gasteiger charge is 2.08. The number of thiazole rings is 2. The molecule has 0 spiro atoms. The zero-order valence-electron chi connectivity index (χ0n) is 10.4. The smallest absolute Gasteiger partial charge is 0.162 e. The molecule has 0 bridgehead atoms. The number of aromatic nitrogens is 2. The van der Waals surface area contributed by atoms with Gasteiger partial charge in [-0.1, -0.05) is 24.3 Å². The van der Waals surface area contributed by atoms with Crippen molar-refractivity contribution >= 4 is 66.6 Å². The van der Waals surface area contributed by atoms with Crippen LogP contribution in [0.25, 0.3) is 22.4 Å². The van der Waals surface area contributed by atoms with E-state index >= 15 is 0 Å². The molecule has 20 heavy (non-hydrogen) atoms. The van der Waals surface area contributed by atoms with Crippen LogP contribution in [0, 0.1) is 0 Å². The van der Waals surface area contributed by atoms with Gasteiger partial charge in [0.2, 0.25) is 0 Å². The molecule has 0 N–H and O–H groups in total. The number of para-hydroxylation sites is 1. The SMILES string of the molecule is C1=c2nc(SSc3nc4ccccc4s3)sc2=CCC1. The Morgan fingerprint density at radius 2 is 1.70 bits per heavy atom. The van der Waals surface area contributed by atoms with Crippen molar-refractivity contribution in [3.8, 4) is 0 Å². The van der Waals surface area contributed by atoms with Crippen LogP contribution in [-0.2, 0) is 0 Å². The average Bonchev–Trinajstić information content (AvgIpc) is 3.07. The first-order valence-electron chi connectivity index (χ1n) is 6.26. The van der Waals surface area contributed by atoms with Crippen LogP contribution in [-0.4, -0.2) is 9.97 Å². The van der Waals surface area contributed by atoms with Crippen LogP contribution in [0.1, 0.15) is 12.8 Å². The minimum absolute atomic E-state index is 1.08. The summed E-state index contributed by atoms with van der Waals surface area (Å²) in [4.78, 5) is 9.30. The van der Waals surface area contributed by atoms with Crippen LogP contribution in [0.2, 0.25) is 0 Å². The third-order valence-electron chi connectivity index (χ3n) is 2.95. The number of hydrogen-bond acceptors (Lipinski definition) is 6. The van der Waals surface area contributed by atoms with Crippen LogP contribution in [0.3, 0.4) is 0 Å². The molecule has 6 heteroatoms. The summed E-state index contributed by atoms with van der Waals surface area (Å²) in [5.74, 6) is 0. The predicted molar refractivity (Wildman–Crippen MR) is 90.9 cm³/mol. The maximum atomic E-state index is 4.67. The van der Waals surface area contributed by atoms with Crippen molar-refractivity contribution in [2.24, 2.45) is 0 Å². The first kappa shape index (κ1) is 12.9. The van der Waals surface area contributed by atoms with Gasteiger partial charge in [-0.15, -0.1) is 22.7 Å². The van der Waals surface area contributed by atoms with E-state index in [-0.39, 0.29) is 0 Å². The molecule has 2 aromatic heterocycles. The fourth-order valence-electron chi connectivity index (χ4n) is 2.04. The van der Waals surface area contributed by atoms with Gasteiger partial charge in [-0.05, 0) is 46.6 Å². The second kappa shape index (κ2) is 5.52. The quantitative estimate of drug-likeness (QED) is 0.678. The summed E-state index contributed by atoms with van der Waals surface area (Å²) in [5.41, 5.74) is 1.08. The molecule has 2 heterocycles. The Kier molecular flexibility index (Phi) is 3.56. The normalized spacial score (nSPS) is 13.8. The lowest BCUT2D eigenvalue weighted by Gasteiger charge is -1.90. The predicted octanol–water partition coefficient (Wildman–Crippen LogP) is 3.91. The maximum absolute atomic E-state index is 4.67. The highest BCUT2D eigenvalue weighted by molar-refractivity contribution is 8.77. The Morgan fingerprint density at radius 1 is 0.900 bits per heavy atom. The van der Waals surface area contributed by atoms with Crippen molar-refractivity contribution < 1.29 is 0 Å². The molecule has 0 unspecified atom stereocenters. The van der Waals surface area contributed by atoms with Crippen LogP contribution >= 0.6 is 44.3 Å². The fraction of sp³-hybridized carbons (Fsp3) is 0.143. The Balaban J connectivity index is 1.57. The highest BCUT2D eigenvalue weighted by atomic mass is 33.1. The Bertz CT molecular complexity index is 812. The zero-order chi connectivity index (χ0) is 13.4. The molecule has 3 aromatic rings. The molecule has 0 saturated heterocycles. The van der Waals surface area contributed by atoms with E-state index in [1.54, 1.807) is 44.3 Å². The van der Waals surface area contributed by atoms with Gasteiger partial charge in [0.25, 0.3) is 0 Å². The fourth-order valence-corrected chi connectivity index (χ4v) is 6.61. The summed E-state index contributed by atoms with van der Waals surface area (Å²) in [6, 6.07) is 8.27. The van der Waals surface area contributed by atoms with E-state index in [0.717, 1.165) is 32.4 Å². The number of benzene rings is 1. The first-order chi connectivity index (χ1) is 9.88. The van der Waals surface area contributed by atoms with Crippen LogP contribution < -0.4 is 9.88 Å². The molecule has 0 aliphatic heterocycles. The van der Waals surface area contributed by atoms with Gasteiger partial charge >= 0.3 is 0 Å². The monoisotopic (exact) mass is 334 g/mol. The van der Waals surface area contributed by atoms with E-state index in [1.807, 2.05) is 6.07 Å². The minimum Gasteiger partial charge on any atom is -0.229 e. The van der Waals surface area contributed by atoms with Crippen molar-refractivity contribution in [3.05, 3.63) is 34.1 Å². The van der Waals surface area contributed by atoms with Crippen molar-refractivity contribution in [2.45, 2.75) is 21.5 Å². The zero-order valence-corrected chi connectivity index (χ0v) is 13.7. The summed E-state index contributed by atoms with van der Waals surface area (Å²) in [7, 11) is 3.42. The van der Waals surface area contributed by atoms with Gasteiger partial charge in [-0.25, -0.2) is 9.97 Å². The number of fused-ring (bicyclic) bond motifs is 2. The molecule has 4 rings (SSSR count). The molecular formula is C14H10N2S4. The lowest BCUT2D eigenvalue weighted by molar-refractivity contribution is 1.09. The standard InChI is InChI=1S/C14H10N2S4/c1-3-7-11-9(5-1)15-13(17-11)19-20-14-16-10-6-2-4-8-12(10)18-14/h1,3,5-8H,2,4H2. The Morgan fingerprint density at radius 3 is 2.55 bits per heavy atom. The largest absolute Gasteiger partial charge is 0.229 e. The van der Waals surface area contributed by atoms with Crippen LogP contribution in [0.5, 0.6) is 0 Å². The van der Waals surface area contributed by atoms with Gasteiger partial charge in [0, 0.05) is 0 Å². The minimum atomic E-state index is 1.08. The Labute approximate surface area is 132 Å². The van der Waals surface area contributed by atoms with E-state index in [0.29, 0.717) is 0 Å². The first-order valence-corrected chi connectivity index (χ1v) is 10.0. The molecular weight excluding hydrogens is 324 g/mol. The van der Waals surface area contributed by atoms with Gasteiger partial charge in [-0.3, -0.25) is 0 Å². The van der Waals surface area contributed by atoms with Gasteiger partial charge in [0.1, 0.15) is 0 Å². The lowest BCUT2D eigenvalue weighted by Crippen LogP contribution is -2.22. The Hall–Kier alpha value is -0.820. The second-order valence-corrected chi connectivity index (χ2v) is 9.01. The summed E-state index contributed by atoms with van der Waals surface area (Å²) >= 11 is 3.53. The van der Waals surface area contributed by atoms with Gasteiger partial charge in [0.15, 0.2) is 8.68 Å². The third-order valence-corrected chi connectivity index (χ3v) is 8.03. The van der Waals surface area contributed by atoms with E-state index in [1.165, 1.54) is 9.23 Å². The molecule has 0 saturated carbocycles. The summed E-state index contributed by atoms with van der Waals surface area (Å²) in [6.45, 7) is 0. The molecule has 1 aliphatic rings. The second-order valence-electron chi connectivity index (χ2n) is 4.33. The topological polar surface area (TPSA) is 25.8 Å². The van der Waals surface area contributed by atoms with Crippen LogP contribution in [0.4, 0.5) is 0 Å². The summed E-state index contributed by atoms with van der Waals surface area (Å²) in [6.07, 6.45) is 6.79. The van der Waals surface area contributed by atoms with Crippen molar-refractivity contribution in [1.29, 1.82) is 0 Å². The summed E-state index contributed by atoms with van der Waals surface area (Å²) < 4.78 is 4.78. The molecule has 0 fully saturated rings. The molecule has 0 atom stereocenters. The summed E-state index contributed by atoms with van der Waals surface area (Å²) in [5, 5.41) is 1.16. The molecule has 0 amide bonds. The van der Waals surface area contributed by atoms with Crippen molar-refractivity contribution in [2.75, 3.05) is 0 Å². The molecule has 2 nitrogen and oxygen atoms in total. The van der Waals surface area contributed by atoms with E-state index in [4.69, 9.17) is 0 Å². The number of rotatable bonds is 3. The van der Waals surface area contributed by atoms with Gasteiger partial charge in [-0.2, -0.15) is 0 Å². The average molecular weight is 335 g/mol. The number of nitrogens with zero attached hydrogens (tertiary/aromatic N) is 2. The molecule has 100 valence electrons. The molecule has 1 aromatic carbocycles. The van der Waals surface area contributed by atoms with E-state index in [2.05, 4.69) is 40.3 Å². The molecule has 0 radical (unpaired) electrons. The highest BCUT2D eigenvalue weighted by Crippen LogP contribution is 2.40. The number of hydrogen-bond donors (Lipinski definition) is 0. The van der Waals surface area contributed by atoms with Gasteiger partial charge < -0.3 is 0 Å². The van der Waals surface area contributed by atoms with Crippen molar-refractivity contribution in [3.63, 3.8) is 0 Å².